The predicted molar refractivity (Wildman–Crippen MR) is 121 cm³/mol. The van der Waals surface area contributed by atoms with Gasteiger partial charge in [-0.05, 0) is 44.1 Å². The number of hydrogen-bond donors (Lipinski definition) is 1. The Balaban J connectivity index is 1.77. The molecule has 2 atom stereocenters. The van der Waals surface area contributed by atoms with Gasteiger partial charge < -0.3 is 14.8 Å². The number of rotatable bonds is 5. The molecule has 0 saturated carbocycles. The molecule has 1 aromatic carbocycles. The Hall–Kier alpha value is -2.31. The SMILES string of the molecule is CCC(=O)N1CCC(c2cccs2)(N(C)C)CC1N(C)c1cccc2cc[nH]c12. The van der Waals surface area contributed by atoms with Gasteiger partial charge in [-0.15, -0.1) is 11.3 Å². The predicted octanol–water partition coefficient (Wildman–Crippen LogP) is 4.48. The van der Waals surface area contributed by atoms with Crippen molar-refractivity contribution in [3.8, 4) is 0 Å². The van der Waals surface area contributed by atoms with Gasteiger partial charge in [-0.3, -0.25) is 9.69 Å². The van der Waals surface area contributed by atoms with E-state index in [1.807, 2.05) is 24.5 Å². The van der Waals surface area contributed by atoms with Crippen LogP contribution in [-0.2, 0) is 10.3 Å². The molecule has 1 aliphatic heterocycles. The second-order valence-corrected chi connectivity index (χ2v) is 9.06. The first-order chi connectivity index (χ1) is 14.0. The number of aromatic amines is 1. The van der Waals surface area contributed by atoms with Crippen molar-refractivity contribution in [3.63, 3.8) is 0 Å². The number of aromatic nitrogens is 1. The summed E-state index contributed by atoms with van der Waals surface area (Å²) >= 11 is 1.82. The van der Waals surface area contributed by atoms with E-state index in [-0.39, 0.29) is 17.6 Å². The first-order valence-electron chi connectivity index (χ1n) is 10.3. The number of amides is 1. The molecule has 6 heteroatoms. The molecule has 154 valence electrons. The minimum Gasteiger partial charge on any atom is -0.359 e. The number of thiophene rings is 1. The summed E-state index contributed by atoms with van der Waals surface area (Å²) in [6, 6.07) is 12.8. The van der Waals surface area contributed by atoms with Crippen molar-refractivity contribution in [3.05, 3.63) is 52.9 Å². The number of carbonyl (C=O) groups is 1. The van der Waals surface area contributed by atoms with Gasteiger partial charge in [-0.1, -0.05) is 25.1 Å². The second-order valence-electron chi connectivity index (χ2n) is 8.11. The lowest BCUT2D eigenvalue weighted by atomic mass is 9.82. The van der Waals surface area contributed by atoms with Crippen LogP contribution >= 0.6 is 11.3 Å². The maximum absolute atomic E-state index is 12.9. The smallest absolute Gasteiger partial charge is 0.223 e. The highest BCUT2D eigenvalue weighted by molar-refractivity contribution is 7.10. The lowest BCUT2D eigenvalue weighted by Gasteiger charge is -2.52. The Morgan fingerprint density at radius 1 is 1.24 bits per heavy atom. The number of anilines is 1. The van der Waals surface area contributed by atoms with Crippen molar-refractivity contribution in [1.82, 2.24) is 14.8 Å². The van der Waals surface area contributed by atoms with Gasteiger partial charge in [0.2, 0.25) is 5.91 Å². The van der Waals surface area contributed by atoms with Gasteiger partial charge in [0, 0.05) is 42.9 Å². The fourth-order valence-corrected chi connectivity index (χ4v) is 5.77. The minimum atomic E-state index is -0.0682. The quantitative estimate of drug-likeness (QED) is 0.674. The van der Waals surface area contributed by atoms with Crippen molar-refractivity contribution in [2.75, 3.05) is 32.6 Å². The molecule has 3 heterocycles. The summed E-state index contributed by atoms with van der Waals surface area (Å²) in [7, 11) is 6.45. The minimum absolute atomic E-state index is 0.00500. The van der Waals surface area contributed by atoms with Crippen LogP contribution in [0.1, 0.15) is 31.1 Å². The standard InChI is InChI=1S/C23H30N4OS/c1-5-21(28)27-14-12-23(25(2)3,19-10-7-15-29-19)16-20(27)26(4)18-9-6-8-17-11-13-24-22(17)18/h6-11,13,15,20,24H,5,12,14,16H2,1-4H3. The Morgan fingerprint density at radius 3 is 2.76 bits per heavy atom. The van der Waals surface area contributed by atoms with Crippen LogP contribution in [0, 0.1) is 0 Å². The molecule has 3 aromatic rings. The van der Waals surface area contributed by atoms with Crippen molar-refractivity contribution >= 4 is 33.8 Å². The van der Waals surface area contributed by atoms with E-state index in [4.69, 9.17) is 0 Å². The fraction of sp³-hybridized carbons (Fsp3) is 0.435. The molecule has 0 radical (unpaired) electrons. The van der Waals surface area contributed by atoms with Gasteiger partial charge in [-0.2, -0.15) is 0 Å². The summed E-state index contributed by atoms with van der Waals surface area (Å²) < 4.78 is 0. The van der Waals surface area contributed by atoms with E-state index in [9.17, 15) is 4.79 Å². The Bertz CT molecular complexity index is 980. The second kappa shape index (κ2) is 7.84. The van der Waals surface area contributed by atoms with Crippen molar-refractivity contribution in [2.45, 2.75) is 37.9 Å². The number of H-pyrrole nitrogens is 1. The number of benzene rings is 1. The number of nitrogens with one attached hydrogen (secondary N) is 1. The van der Waals surface area contributed by atoms with Gasteiger partial charge >= 0.3 is 0 Å². The summed E-state index contributed by atoms with van der Waals surface area (Å²) in [5.74, 6) is 0.221. The fourth-order valence-electron chi connectivity index (χ4n) is 4.73. The summed E-state index contributed by atoms with van der Waals surface area (Å²) in [4.78, 5) is 24.4. The zero-order valence-electron chi connectivity index (χ0n) is 17.7. The molecule has 0 aliphatic carbocycles. The molecule has 0 spiro atoms. The molecular formula is C23H30N4OS. The van der Waals surface area contributed by atoms with Crippen molar-refractivity contribution < 1.29 is 4.79 Å². The molecule has 1 aliphatic rings. The number of likely N-dealkylation sites (tertiary alicyclic amines) is 1. The average Bonchev–Trinajstić information content (AvgIpc) is 3.43. The van der Waals surface area contributed by atoms with E-state index in [0.717, 1.165) is 30.6 Å². The monoisotopic (exact) mass is 410 g/mol. The summed E-state index contributed by atoms with van der Waals surface area (Å²) in [5.41, 5.74) is 2.18. The third-order valence-corrected chi connectivity index (χ3v) is 7.56. The Morgan fingerprint density at radius 2 is 2.07 bits per heavy atom. The van der Waals surface area contributed by atoms with Gasteiger partial charge in [-0.25, -0.2) is 0 Å². The van der Waals surface area contributed by atoms with Crippen LogP contribution in [0.5, 0.6) is 0 Å². The molecule has 4 rings (SSSR count). The number of nitrogens with zero attached hydrogens (tertiary/aromatic N) is 3. The van der Waals surface area contributed by atoms with Gasteiger partial charge in [0.1, 0.15) is 6.17 Å². The zero-order chi connectivity index (χ0) is 20.6. The molecule has 0 bridgehead atoms. The highest BCUT2D eigenvalue weighted by Crippen LogP contribution is 2.43. The molecule has 1 N–H and O–H groups in total. The van der Waals surface area contributed by atoms with Crippen LogP contribution < -0.4 is 4.90 Å². The Labute approximate surface area is 176 Å². The van der Waals surface area contributed by atoms with E-state index in [1.54, 1.807) is 0 Å². The Kier molecular flexibility index (Phi) is 5.40. The highest BCUT2D eigenvalue weighted by Gasteiger charge is 2.46. The number of para-hydroxylation sites is 1. The average molecular weight is 411 g/mol. The van der Waals surface area contributed by atoms with Crippen LogP contribution in [-0.4, -0.2) is 54.5 Å². The summed E-state index contributed by atoms with van der Waals surface area (Å²) in [6.45, 7) is 2.72. The molecule has 29 heavy (non-hydrogen) atoms. The molecule has 2 aromatic heterocycles. The van der Waals surface area contributed by atoms with E-state index in [1.165, 1.54) is 10.3 Å². The maximum Gasteiger partial charge on any atom is 0.223 e. The van der Waals surface area contributed by atoms with Crippen LogP contribution in [0.15, 0.2) is 48.0 Å². The highest BCUT2D eigenvalue weighted by atomic mass is 32.1. The first kappa shape index (κ1) is 20.0. The van der Waals surface area contributed by atoms with Crippen LogP contribution in [0.4, 0.5) is 5.69 Å². The largest absolute Gasteiger partial charge is 0.359 e. The lowest BCUT2D eigenvalue weighted by Crippen LogP contribution is -2.60. The lowest BCUT2D eigenvalue weighted by molar-refractivity contribution is -0.137. The third kappa shape index (κ3) is 3.34. The van der Waals surface area contributed by atoms with Gasteiger partial charge in [0.25, 0.3) is 0 Å². The summed E-state index contributed by atoms with van der Waals surface area (Å²) in [6.07, 6.45) is 4.33. The van der Waals surface area contributed by atoms with Crippen LogP contribution in [0.25, 0.3) is 10.9 Å². The molecule has 1 amide bonds. The van der Waals surface area contributed by atoms with E-state index < -0.39 is 0 Å². The summed E-state index contributed by atoms with van der Waals surface area (Å²) in [5, 5.41) is 3.35. The number of fused-ring (bicyclic) bond motifs is 1. The maximum atomic E-state index is 12.9. The van der Waals surface area contributed by atoms with Gasteiger partial charge in [0.15, 0.2) is 0 Å². The number of piperidine rings is 1. The van der Waals surface area contributed by atoms with Crippen molar-refractivity contribution in [1.29, 1.82) is 0 Å². The van der Waals surface area contributed by atoms with E-state index in [2.05, 4.69) is 82.6 Å². The van der Waals surface area contributed by atoms with Crippen molar-refractivity contribution in [2.24, 2.45) is 0 Å². The zero-order valence-corrected chi connectivity index (χ0v) is 18.5. The van der Waals surface area contributed by atoms with E-state index >= 15 is 0 Å². The normalized spacial score (nSPS) is 22.4. The number of carbonyl (C=O) groups excluding carboxylic acids is 1. The topological polar surface area (TPSA) is 42.6 Å². The molecule has 5 nitrogen and oxygen atoms in total. The van der Waals surface area contributed by atoms with Crippen LogP contribution in [0.2, 0.25) is 0 Å². The van der Waals surface area contributed by atoms with E-state index in [0.29, 0.717) is 6.42 Å². The molecule has 1 saturated heterocycles. The third-order valence-electron chi connectivity index (χ3n) is 6.50. The number of hydrogen-bond acceptors (Lipinski definition) is 4. The molecule has 2 unspecified atom stereocenters. The molecule has 1 fully saturated rings. The molecular weight excluding hydrogens is 380 g/mol. The first-order valence-corrected chi connectivity index (χ1v) is 11.2. The van der Waals surface area contributed by atoms with Gasteiger partial charge in [0.05, 0.1) is 16.7 Å². The van der Waals surface area contributed by atoms with Crippen LogP contribution in [0.3, 0.4) is 0 Å².